The van der Waals surface area contributed by atoms with Gasteiger partial charge < -0.3 is 13.6 Å². The molecule has 3 nitrogen and oxygen atoms in total. The summed E-state index contributed by atoms with van der Waals surface area (Å²) in [5.41, 5.74) is 3.99. The highest BCUT2D eigenvalue weighted by Crippen LogP contribution is 2.28. The van der Waals surface area contributed by atoms with Gasteiger partial charge in [-0.15, -0.1) is 11.3 Å². The van der Waals surface area contributed by atoms with Gasteiger partial charge in [0.25, 0.3) is 0 Å². The quantitative estimate of drug-likeness (QED) is 0.273. The van der Waals surface area contributed by atoms with E-state index in [1.54, 1.807) is 18.9 Å². The zero-order valence-electron chi connectivity index (χ0n) is 39.8. The van der Waals surface area contributed by atoms with Crippen LogP contribution in [0.15, 0.2) is 64.1 Å². The molecule has 54 heavy (non-hydrogen) atoms. The molecule has 320 valence electrons. The molecule has 0 aliphatic heterocycles. The van der Waals surface area contributed by atoms with Crippen molar-refractivity contribution in [3.8, 4) is 0 Å². The Morgan fingerprint density at radius 2 is 1.13 bits per heavy atom. The van der Waals surface area contributed by atoms with E-state index in [9.17, 15) is 0 Å². The van der Waals surface area contributed by atoms with Crippen molar-refractivity contribution < 1.29 is 13.6 Å². The molecule has 0 aromatic carbocycles. The van der Waals surface area contributed by atoms with Crippen LogP contribution in [0.25, 0.3) is 0 Å². The number of rotatable bonds is 6. The van der Waals surface area contributed by atoms with Crippen LogP contribution < -0.4 is 0 Å². The predicted octanol–water partition coefficient (Wildman–Crippen LogP) is 17.2. The molecule has 5 heteroatoms. The first-order valence-corrected chi connectivity index (χ1v) is 24.4. The highest BCUT2D eigenvalue weighted by atomic mass is 32.1. The van der Waals surface area contributed by atoms with E-state index in [0.717, 1.165) is 25.4 Å². The molecule has 3 rings (SSSR count). The van der Waals surface area contributed by atoms with E-state index in [1.807, 2.05) is 23.5 Å². The molecule has 0 saturated heterocycles. The maximum atomic E-state index is 5.73. The maximum Gasteiger partial charge on any atom is 0.183 e. The molecule has 0 saturated carbocycles. The monoisotopic (exact) mass is 793 g/mol. The smallest absolute Gasteiger partial charge is 0.183 e. The average Bonchev–Trinajstić information content (AvgIpc) is 3.71. The Morgan fingerprint density at radius 1 is 0.648 bits per heavy atom. The minimum absolute atomic E-state index is 0. The van der Waals surface area contributed by atoms with E-state index in [4.69, 9.17) is 13.6 Å². The normalized spacial score (nSPS) is 13.1. The summed E-state index contributed by atoms with van der Waals surface area (Å²) in [4.78, 5) is 1.49. The van der Waals surface area contributed by atoms with Gasteiger partial charge in [-0.1, -0.05) is 175 Å². The highest BCUT2D eigenvalue weighted by Gasteiger charge is 2.19. The Kier molecular flexibility index (Phi) is 29.9. The number of furan rings is 1. The van der Waals surface area contributed by atoms with Crippen molar-refractivity contribution in [2.45, 2.75) is 191 Å². The lowest BCUT2D eigenvalue weighted by atomic mass is 9.88. The standard InChI is InChI=1S/C10H16.C9H14O.C9H14S.C8H20OSi.C6H14O.C6H14.CH4/c1-10(2,3)8-9-6-4-5-7-9;2*1-9(2,3)7-8-5-4-6-10-8;1-8(2,3)7-9-10(4,5)6;1-6(2,3)5-7-4;1-5-6(2,3)4;/h4-6H,7-8H2,1-3H3;2*4-6H,7H2,1-3H3;7H2,1-6H3;5H2,1-4H3;5H2,1-4H3;1H4. The summed E-state index contributed by atoms with van der Waals surface area (Å²) < 4.78 is 15.8. The molecule has 0 fully saturated rings. The maximum absolute atomic E-state index is 5.73. The molecular weight excluding hydrogens is 697 g/mol. The lowest BCUT2D eigenvalue weighted by molar-refractivity contribution is 0.116. The molecule has 0 unspecified atom stereocenters. The summed E-state index contributed by atoms with van der Waals surface area (Å²) in [6, 6.07) is 8.27. The Morgan fingerprint density at radius 3 is 1.37 bits per heavy atom. The third-order valence-corrected chi connectivity index (χ3v) is 8.64. The van der Waals surface area contributed by atoms with Gasteiger partial charge in [-0.2, -0.15) is 0 Å². The van der Waals surface area contributed by atoms with E-state index in [-0.39, 0.29) is 7.43 Å². The third kappa shape index (κ3) is 52.7. The van der Waals surface area contributed by atoms with Gasteiger partial charge in [-0.25, -0.2) is 0 Å². The number of ether oxygens (including phenoxy) is 1. The van der Waals surface area contributed by atoms with Gasteiger partial charge in [-0.05, 0) is 95.0 Å². The molecule has 1 aliphatic carbocycles. The van der Waals surface area contributed by atoms with Crippen LogP contribution in [-0.4, -0.2) is 28.6 Å². The Balaban J connectivity index is -0.000000280. The van der Waals surface area contributed by atoms with E-state index in [1.165, 1.54) is 30.6 Å². The number of hydrogen-bond acceptors (Lipinski definition) is 4. The van der Waals surface area contributed by atoms with Crippen LogP contribution in [0.5, 0.6) is 0 Å². The largest absolute Gasteiger partial charge is 0.469 e. The number of hydrogen-bond donors (Lipinski definition) is 0. The number of allylic oxidation sites excluding steroid dienone is 4. The molecule has 2 aromatic heterocycles. The minimum Gasteiger partial charge on any atom is -0.469 e. The fraction of sp³-hybridized carbons (Fsp3) is 0.755. The van der Waals surface area contributed by atoms with E-state index in [2.05, 4.69) is 187 Å². The van der Waals surface area contributed by atoms with E-state index in [0.29, 0.717) is 32.5 Å². The van der Waals surface area contributed by atoms with Crippen LogP contribution in [-0.2, 0) is 22.0 Å². The van der Waals surface area contributed by atoms with Crippen molar-refractivity contribution in [3.05, 3.63) is 70.3 Å². The SMILES string of the molecule is C.CC(C)(C)CC1=CC=CC1.CC(C)(C)CO[Si](C)(C)C.CC(C)(C)Cc1ccco1.CC(C)(C)Cc1cccs1.CCC(C)(C)C.COCC(C)(C)C. The molecule has 0 spiro atoms. The summed E-state index contributed by atoms with van der Waals surface area (Å²) >= 11 is 1.85. The Labute approximate surface area is 345 Å². The second-order valence-corrected chi connectivity index (χ2v) is 28.2. The van der Waals surface area contributed by atoms with Gasteiger partial charge in [0, 0.05) is 25.0 Å². The van der Waals surface area contributed by atoms with E-state index >= 15 is 0 Å². The predicted molar refractivity (Wildman–Crippen MR) is 252 cm³/mol. The summed E-state index contributed by atoms with van der Waals surface area (Å²) in [6.45, 7) is 50.7. The van der Waals surface area contributed by atoms with Gasteiger partial charge in [0.05, 0.1) is 12.9 Å². The molecule has 1 aliphatic rings. The summed E-state index contributed by atoms with van der Waals surface area (Å²) in [5, 5.41) is 2.14. The van der Waals surface area contributed by atoms with Gasteiger partial charge in [0.15, 0.2) is 8.32 Å². The number of methoxy groups -OCH3 is 1. The molecule has 0 bridgehead atoms. The Hall–Kier alpha value is -1.40. The van der Waals surface area contributed by atoms with Gasteiger partial charge in [0.1, 0.15) is 5.76 Å². The first-order valence-electron chi connectivity index (χ1n) is 20.1. The van der Waals surface area contributed by atoms with Crippen LogP contribution in [0.1, 0.15) is 169 Å². The fourth-order valence-electron chi connectivity index (χ4n) is 4.04. The highest BCUT2D eigenvalue weighted by molar-refractivity contribution is 7.09. The van der Waals surface area contributed by atoms with E-state index < -0.39 is 8.32 Å². The first-order chi connectivity index (χ1) is 23.6. The van der Waals surface area contributed by atoms with Crippen molar-refractivity contribution in [1.29, 1.82) is 0 Å². The third-order valence-electron chi connectivity index (χ3n) is 6.75. The lowest BCUT2D eigenvalue weighted by Crippen LogP contribution is -2.30. The van der Waals surface area contributed by atoms with Crippen LogP contribution in [0.3, 0.4) is 0 Å². The van der Waals surface area contributed by atoms with Crippen LogP contribution in [0.2, 0.25) is 19.6 Å². The van der Waals surface area contributed by atoms with Crippen molar-refractivity contribution in [1.82, 2.24) is 0 Å². The molecule has 0 amide bonds. The lowest BCUT2D eigenvalue weighted by Gasteiger charge is -2.25. The van der Waals surface area contributed by atoms with Crippen molar-refractivity contribution >= 4 is 19.7 Å². The van der Waals surface area contributed by atoms with Crippen LogP contribution in [0, 0.1) is 32.5 Å². The summed E-state index contributed by atoms with van der Waals surface area (Å²) in [5.74, 6) is 1.08. The van der Waals surface area contributed by atoms with Gasteiger partial charge >= 0.3 is 0 Å². The summed E-state index contributed by atoms with van der Waals surface area (Å²) in [7, 11) is 0.460. The van der Waals surface area contributed by atoms with Crippen molar-refractivity contribution in [3.63, 3.8) is 0 Å². The molecular formula is C49H96O3SSi. The second kappa shape index (κ2) is 27.3. The topological polar surface area (TPSA) is 31.6 Å². The van der Waals surface area contributed by atoms with Crippen LogP contribution >= 0.6 is 11.3 Å². The molecule has 2 aromatic rings. The molecule has 0 radical (unpaired) electrons. The number of thiophene rings is 1. The first kappa shape index (κ1) is 59.3. The van der Waals surface area contributed by atoms with Gasteiger partial charge in [-0.3, -0.25) is 0 Å². The molecule has 0 N–H and O–H groups in total. The Bertz CT molecular complexity index is 1110. The zero-order chi connectivity index (χ0) is 42.4. The molecule has 0 atom stereocenters. The van der Waals surface area contributed by atoms with Gasteiger partial charge in [0.2, 0.25) is 0 Å². The fourth-order valence-corrected chi connectivity index (χ4v) is 5.91. The summed E-state index contributed by atoms with van der Waals surface area (Å²) in [6.07, 6.45) is 14.2. The zero-order valence-corrected chi connectivity index (χ0v) is 41.6. The molecule has 2 heterocycles. The second-order valence-electron chi connectivity index (χ2n) is 22.7. The van der Waals surface area contributed by atoms with Crippen molar-refractivity contribution in [2.24, 2.45) is 32.5 Å². The average molecular weight is 793 g/mol. The minimum atomic E-state index is -1.27. The van der Waals surface area contributed by atoms with Crippen molar-refractivity contribution in [2.75, 3.05) is 20.3 Å². The van der Waals surface area contributed by atoms with Crippen LogP contribution in [0.4, 0.5) is 0 Å².